The summed E-state index contributed by atoms with van der Waals surface area (Å²) < 4.78 is 11.5. The van der Waals surface area contributed by atoms with Crippen LogP contribution in [-0.2, 0) is 14.4 Å². The van der Waals surface area contributed by atoms with E-state index < -0.39 is 17.7 Å². The molecule has 3 rings (SSSR count). The fourth-order valence-electron chi connectivity index (χ4n) is 2.66. The first-order chi connectivity index (χ1) is 13.9. The number of primary amides is 1. The zero-order valence-electron chi connectivity index (χ0n) is 15.5. The highest BCUT2D eigenvalue weighted by Crippen LogP contribution is 2.35. The third-order valence-corrected chi connectivity index (χ3v) is 4.63. The Morgan fingerprint density at radius 2 is 1.86 bits per heavy atom. The monoisotopic (exact) mass is 459 g/mol. The Hall–Kier alpha value is -3.33. The number of carbonyl (C=O) groups is 3. The van der Waals surface area contributed by atoms with Crippen LogP contribution in [0.3, 0.4) is 0 Å². The number of halogens is 1. The molecule has 3 N–H and O–H groups in total. The minimum absolute atomic E-state index is 0.0252. The van der Waals surface area contributed by atoms with Gasteiger partial charge >= 0.3 is 0 Å². The number of nitrogens with one attached hydrogen (secondary N) is 1. The maximum Gasteiger partial charge on any atom is 0.282 e. The molecule has 1 aliphatic rings. The Morgan fingerprint density at radius 1 is 1.17 bits per heavy atom. The first-order valence-electron chi connectivity index (χ1n) is 8.70. The van der Waals surface area contributed by atoms with Crippen LogP contribution in [0.1, 0.15) is 12.5 Å². The van der Waals surface area contributed by atoms with E-state index in [2.05, 4.69) is 21.4 Å². The number of nitrogens with two attached hydrogens (primary N) is 1. The molecule has 8 nitrogen and oxygen atoms in total. The van der Waals surface area contributed by atoms with E-state index in [-0.39, 0.29) is 12.2 Å². The maximum atomic E-state index is 12.7. The molecule has 150 valence electrons. The molecule has 1 heterocycles. The van der Waals surface area contributed by atoms with Gasteiger partial charge < -0.3 is 15.2 Å². The minimum atomic E-state index is -0.621. The Bertz CT molecular complexity index is 991. The second kappa shape index (κ2) is 8.78. The molecule has 1 aliphatic heterocycles. The van der Waals surface area contributed by atoms with Crippen LogP contribution in [0.4, 0.5) is 5.69 Å². The second-order valence-corrected chi connectivity index (χ2v) is 6.84. The van der Waals surface area contributed by atoms with Gasteiger partial charge in [0.15, 0.2) is 18.1 Å². The van der Waals surface area contributed by atoms with Crippen molar-refractivity contribution >= 4 is 45.4 Å². The molecular formula is C20H18BrN3O5. The first-order valence-corrected chi connectivity index (χ1v) is 9.49. The SMILES string of the molecule is CCOc1cc(/C=C2/C(=O)NN(c3ccccc3)C2=O)c(Br)cc1OCC(N)=O. The summed E-state index contributed by atoms with van der Waals surface area (Å²) in [5.41, 5.74) is 8.73. The molecule has 2 aromatic carbocycles. The molecule has 1 fully saturated rings. The van der Waals surface area contributed by atoms with Crippen molar-refractivity contribution in [2.24, 2.45) is 5.73 Å². The highest BCUT2D eigenvalue weighted by atomic mass is 79.9. The van der Waals surface area contributed by atoms with Crippen LogP contribution >= 0.6 is 15.9 Å². The number of ether oxygens (including phenoxy) is 2. The Balaban J connectivity index is 1.94. The normalized spacial score (nSPS) is 14.8. The van der Waals surface area contributed by atoms with E-state index >= 15 is 0 Å². The number of hydrogen-bond acceptors (Lipinski definition) is 5. The van der Waals surface area contributed by atoms with E-state index in [1.807, 2.05) is 6.07 Å². The van der Waals surface area contributed by atoms with Gasteiger partial charge in [0.2, 0.25) is 0 Å². The van der Waals surface area contributed by atoms with Gasteiger partial charge in [-0.2, -0.15) is 0 Å². The number of amides is 3. The van der Waals surface area contributed by atoms with Gasteiger partial charge in [0.1, 0.15) is 5.57 Å². The van der Waals surface area contributed by atoms with Crippen LogP contribution in [0.2, 0.25) is 0 Å². The van der Waals surface area contributed by atoms with E-state index in [0.717, 1.165) is 0 Å². The second-order valence-electron chi connectivity index (χ2n) is 5.98. The number of hydrazine groups is 1. The Labute approximate surface area is 175 Å². The summed E-state index contributed by atoms with van der Waals surface area (Å²) in [6, 6.07) is 12.0. The third kappa shape index (κ3) is 4.57. The summed E-state index contributed by atoms with van der Waals surface area (Å²) in [6.45, 7) is 1.84. The minimum Gasteiger partial charge on any atom is -0.490 e. The Morgan fingerprint density at radius 3 is 2.52 bits per heavy atom. The molecular weight excluding hydrogens is 442 g/mol. The number of carbonyl (C=O) groups excluding carboxylic acids is 3. The number of rotatable bonds is 7. The first kappa shape index (κ1) is 20.4. The van der Waals surface area contributed by atoms with Gasteiger partial charge in [0.25, 0.3) is 17.7 Å². The molecule has 0 radical (unpaired) electrons. The molecule has 3 amide bonds. The number of para-hydroxylation sites is 1. The molecule has 0 spiro atoms. The van der Waals surface area contributed by atoms with Crippen molar-refractivity contribution in [2.45, 2.75) is 6.92 Å². The summed E-state index contributed by atoms with van der Waals surface area (Å²) in [7, 11) is 0. The summed E-state index contributed by atoms with van der Waals surface area (Å²) >= 11 is 3.39. The molecule has 1 saturated heterocycles. The standard InChI is InChI=1S/C20H18BrN3O5/c1-2-28-16-9-12(15(21)10-17(16)29-11-18(22)25)8-14-19(26)23-24(20(14)27)13-6-4-3-5-7-13/h3-10H,2,11H2,1H3,(H2,22,25)(H,23,26)/b14-8-. The average Bonchev–Trinajstić information content (AvgIpc) is 2.98. The largest absolute Gasteiger partial charge is 0.490 e. The molecule has 0 saturated carbocycles. The van der Waals surface area contributed by atoms with E-state index in [1.165, 1.54) is 11.1 Å². The molecule has 0 unspecified atom stereocenters. The molecule has 0 bridgehead atoms. The van der Waals surface area contributed by atoms with E-state index in [9.17, 15) is 14.4 Å². The maximum absolute atomic E-state index is 12.7. The molecule has 2 aromatic rings. The van der Waals surface area contributed by atoms with Gasteiger partial charge in [-0.1, -0.05) is 34.1 Å². The van der Waals surface area contributed by atoms with Gasteiger partial charge in [-0.3, -0.25) is 19.8 Å². The quantitative estimate of drug-likeness (QED) is 0.486. The van der Waals surface area contributed by atoms with Gasteiger partial charge in [-0.25, -0.2) is 5.01 Å². The topological polar surface area (TPSA) is 111 Å². The summed E-state index contributed by atoms with van der Waals surface area (Å²) in [4.78, 5) is 36.1. The fourth-order valence-corrected chi connectivity index (χ4v) is 3.10. The number of benzene rings is 2. The van der Waals surface area contributed by atoms with Gasteiger partial charge in [0.05, 0.1) is 12.3 Å². The van der Waals surface area contributed by atoms with Crippen LogP contribution in [0.15, 0.2) is 52.5 Å². The van der Waals surface area contributed by atoms with Crippen molar-refractivity contribution < 1.29 is 23.9 Å². The summed E-state index contributed by atoms with van der Waals surface area (Å²) in [6.07, 6.45) is 1.46. The predicted octanol–water partition coefficient (Wildman–Crippen LogP) is 2.17. The van der Waals surface area contributed by atoms with Crippen molar-refractivity contribution in [1.82, 2.24) is 5.43 Å². The van der Waals surface area contributed by atoms with Crippen LogP contribution in [0.5, 0.6) is 11.5 Å². The van der Waals surface area contributed by atoms with Gasteiger partial charge in [0, 0.05) is 4.47 Å². The molecule has 0 atom stereocenters. The number of nitrogens with zero attached hydrogens (tertiary/aromatic N) is 1. The van der Waals surface area contributed by atoms with Crippen LogP contribution < -0.4 is 25.6 Å². The zero-order chi connectivity index (χ0) is 21.0. The van der Waals surface area contributed by atoms with Crippen LogP contribution in [0.25, 0.3) is 6.08 Å². The lowest BCUT2D eigenvalue weighted by Gasteiger charge is -2.14. The number of anilines is 1. The van der Waals surface area contributed by atoms with Crippen LogP contribution in [0, 0.1) is 0 Å². The fraction of sp³-hybridized carbons (Fsp3) is 0.150. The lowest BCUT2D eigenvalue weighted by molar-refractivity contribution is -0.120. The van der Waals surface area contributed by atoms with Gasteiger partial charge in [-0.05, 0) is 42.8 Å². The molecule has 29 heavy (non-hydrogen) atoms. The predicted molar refractivity (Wildman–Crippen MR) is 110 cm³/mol. The van der Waals surface area contributed by atoms with Crippen molar-refractivity contribution in [3.05, 3.63) is 58.1 Å². The van der Waals surface area contributed by atoms with Crippen molar-refractivity contribution in [1.29, 1.82) is 0 Å². The lowest BCUT2D eigenvalue weighted by Crippen LogP contribution is -2.35. The summed E-state index contributed by atoms with van der Waals surface area (Å²) in [5.74, 6) is -0.941. The highest BCUT2D eigenvalue weighted by molar-refractivity contribution is 9.10. The van der Waals surface area contributed by atoms with E-state index in [4.69, 9.17) is 15.2 Å². The lowest BCUT2D eigenvalue weighted by atomic mass is 10.1. The molecule has 0 aliphatic carbocycles. The van der Waals surface area contributed by atoms with E-state index in [1.54, 1.807) is 43.3 Å². The molecule has 9 heteroatoms. The third-order valence-electron chi connectivity index (χ3n) is 3.94. The van der Waals surface area contributed by atoms with Gasteiger partial charge in [-0.15, -0.1) is 0 Å². The van der Waals surface area contributed by atoms with Crippen molar-refractivity contribution in [2.75, 3.05) is 18.2 Å². The number of hydrogen-bond donors (Lipinski definition) is 2. The molecule has 0 aromatic heterocycles. The zero-order valence-corrected chi connectivity index (χ0v) is 17.1. The van der Waals surface area contributed by atoms with Crippen LogP contribution in [-0.4, -0.2) is 30.9 Å². The van der Waals surface area contributed by atoms with E-state index in [0.29, 0.717) is 33.8 Å². The van der Waals surface area contributed by atoms with Crippen molar-refractivity contribution in [3.63, 3.8) is 0 Å². The van der Waals surface area contributed by atoms with Crippen molar-refractivity contribution in [3.8, 4) is 11.5 Å². The Kier molecular flexibility index (Phi) is 6.18. The average molecular weight is 460 g/mol. The smallest absolute Gasteiger partial charge is 0.282 e. The summed E-state index contributed by atoms with van der Waals surface area (Å²) in [5, 5.41) is 1.19. The highest BCUT2D eigenvalue weighted by Gasteiger charge is 2.34.